The molecule has 3 rings (SSSR count). The first-order valence-electron chi connectivity index (χ1n) is 7.52. The SMILES string of the molecule is O=C1c2ccccc2C(=O)c2cc(OC(=O)C(F)(F)C(F)(F)C(=O)O)ccc21. The van der Waals surface area contributed by atoms with E-state index in [4.69, 9.17) is 5.11 Å². The van der Waals surface area contributed by atoms with E-state index in [0.29, 0.717) is 0 Å². The van der Waals surface area contributed by atoms with Gasteiger partial charge < -0.3 is 9.84 Å². The number of carbonyl (C=O) groups is 4. The Kier molecular flexibility index (Phi) is 4.29. The molecule has 0 saturated carbocycles. The number of aliphatic carboxylic acids is 1. The Morgan fingerprint density at radius 1 is 0.786 bits per heavy atom. The molecule has 0 bridgehead atoms. The fraction of sp³-hybridized carbons (Fsp3) is 0.111. The second kappa shape index (κ2) is 6.25. The molecule has 6 nitrogen and oxygen atoms in total. The van der Waals surface area contributed by atoms with Crippen LogP contribution in [0, 0.1) is 0 Å². The Labute approximate surface area is 153 Å². The Morgan fingerprint density at radius 2 is 1.29 bits per heavy atom. The van der Waals surface area contributed by atoms with E-state index in [1.54, 1.807) is 0 Å². The van der Waals surface area contributed by atoms with Crippen molar-refractivity contribution in [2.24, 2.45) is 0 Å². The maximum absolute atomic E-state index is 13.5. The van der Waals surface area contributed by atoms with Crippen LogP contribution in [0.15, 0.2) is 42.5 Å². The van der Waals surface area contributed by atoms with Crippen LogP contribution < -0.4 is 4.74 Å². The van der Waals surface area contributed by atoms with Crippen LogP contribution in [-0.4, -0.2) is 40.5 Å². The van der Waals surface area contributed by atoms with Gasteiger partial charge in [-0.2, -0.15) is 17.6 Å². The number of ketones is 2. The molecule has 28 heavy (non-hydrogen) atoms. The minimum atomic E-state index is -5.71. The molecule has 0 radical (unpaired) electrons. The lowest BCUT2D eigenvalue weighted by Gasteiger charge is -2.21. The first-order chi connectivity index (χ1) is 13.0. The average molecular weight is 396 g/mol. The van der Waals surface area contributed by atoms with E-state index in [1.165, 1.54) is 24.3 Å². The van der Waals surface area contributed by atoms with Gasteiger partial charge in [0.1, 0.15) is 5.75 Å². The monoisotopic (exact) mass is 396 g/mol. The van der Waals surface area contributed by atoms with Gasteiger partial charge >= 0.3 is 23.8 Å². The van der Waals surface area contributed by atoms with Gasteiger partial charge in [-0.05, 0) is 18.2 Å². The number of rotatable bonds is 4. The summed E-state index contributed by atoms with van der Waals surface area (Å²) in [6.07, 6.45) is 0. The van der Waals surface area contributed by atoms with Crippen LogP contribution in [0.25, 0.3) is 0 Å². The van der Waals surface area contributed by atoms with Gasteiger partial charge in [0.25, 0.3) is 0 Å². The van der Waals surface area contributed by atoms with E-state index >= 15 is 0 Å². The maximum Gasteiger partial charge on any atom is 0.416 e. The number of carbonyl (C=O) groups excluding carboxylic acids is 3. The van der Waals surface area contributed by atoms with E-state index in [-0.39, 0.29) is 22.3 Å². The molecule has 1 aliphatic carbocycles. The molecule has 0 aliphatic heterocycles. The number of fused-ring (bicyclic) bond motifs is 2. The largest absolute Gasteiger partial charge is 0.477 e. The van der Waals surface area contributed by atoms with Gasteiger partial charge in [0.05, 0.1) is 0 Å². The smallest absolute Gasteiger partial charge is 0.416 e. The topological polar surface area (TPSA) is 97.7 Å². The third kappa shape index (κ3) is 2.73. The van der Waals surface area contributed by atoms with Gasteiger partial charge in [-0.1, -0.05) is 24.3 Å². The summed E-state index contributed by atoms with van der Waals surface area (Å²) in [4.78, 5) is 46.6. The molecule has 0 heterocycles. The van der Waals surface area contributed by atoms with Crippen molar-refractivity contribution in [2.45, 2.75) is 11.8 Å². The van der Waals surface area contributed by atoms with Crippen molar-refractivity contribution in [1.82, 2.24) is 0 Å². The van der Waals surface area contributed by atoms with E-state index in [0.717, 1.165) is 18.2 Å². The van der Waals surface area contributed by atoms with Crippen LogP contribution in [0.4, 0.5) is 17.6 Å². The molecule has 0 fully saturated rings. The molecule has 1 N–H and O–H groups in total. The quantitative estimate of drug-likeness (QED) is 0.414. The van der Waals surface area contributed by atoms with E-state index in [1.807, 2.05) is 0 Å². The molecular formula is C18H8F4O6. The van der Waals surface area contributed by atoms with Crippen molar-refractivity contribution < 1.29 is 46.6 Å². The van der Waals surface area contributed by atoms with Crippen LogP contribution in [0.3, 0.4) is 0 Å². The van der Waals surface area contributed by atoms with Crippen molar-refractivity contribution in [3.63, 3.8) is 0 Å². The molecular weight excluding hydrogens is 388 g/mol. The second-order valence-corrected chi connectivity index (χ2v) is 5.75. The van der Waals surface area contributed by atoms with E-state index < -0.39 is 41.1 Å². The fourth-order valence-corrected chi connectivity index (χ4v) is 2.58. The number of esters is 1. The second-order valence-electron chi connectivity index (χ2n) is 5.75. The number of carboxylic acids is 1. The lowest BCUT2D eigenvalue weighted by atomic mass is 9.84. The summed E-state index contributed by atoms with van der Waals surface area (Å²) in [6, 6.07) is 8.45. The van der Waals surface area contributed by atoms with Gasteiger partial charge in [0.2, 0.25) is 0 Å². The molecule has 0 aromatic heterocycles. The van der Waals surface area contributed by atoms with Crippen molar-refractivity contribution >= 4 is 23.5 Å². The summed E-state index contributed by atoms with van der Waals surface area (Å²) < 4.78 is 57.3. The summed E-state index contributed by atoms with van der Waals surface area (Å²) in [5, 5.41) is 8.19. The standard InChI is InChI=1S/C18H8F4O6/c19-17(20,15(25)26)18(21,22)16(27)28-8-5-6-11-12(7-8)14(24)10-4-2-1-3-9(10)13(11)23/h1-7H,(H,25,26). The zero-order chi connectivity index (χ0) is 20.9. The van der Waals surface area contributed by atoms with Gasteiger partial charge in [0, 0.05) is 22.3 Å². The number of halogens is 4. The number of benzene rings is 2. The third-order valence-corrected chi connectivity index (χ3v) is 4.03. The van der Waals surface area contributed by atoms with Crippen LogP contribution in [-0.2, 0) is 9.59 Å². The lowest BCUT2D eigenvalue weighted by Crippen LogP contribution is -2.53. The minimum Gasteiger partial charge on any atom is -0.477 e. The highest BCUT2D eigenvalue weighted by atomic mass is 19.3. The first kappa shape index (κ1) is 19.2. The molecule has 0 saturated heterocycles. The van der Waals surface area contributed by atoms with Crippen LogP contribution in [0.1, 0.15) is 31.8 Å². The molecule has 0 unspecified atom stereocenters. The number of alkyl halides is 4. The third-order valence-electron chi connectivity index (χ3n) is 4.03. The summed E-state index contributed by atoms with van der Waals surface area (Å²) in [5.41, 5.74) is -0.211. The number of carboxylic acid groups (broad SMARTS) is 1. The predicted octanol–water partition coefficient (Wildman–Crippen LogP) is 2.72. The molecule has 144 valence electrons. The molecule has 0 spiro atoms. The Hall–Kier alpha value is -3.56. The first-order valence-corrected chi connectivity index (χ1v) is 7.52. The average Bonchev–Trinajstić information content (AvgIpc) is 2.65. The summed E-state index contributed by atoms with van der Waals surface area (Å²) in [7, 11) is 0. The molecule has 2 aromatic rings. The van der Waals surface area contributed by atoms with Crippen molar-refractivity contribution in [2.75, 3.05) is 0 Å². The van der Waals surface area contributed by atoms with Crippen LogP contribution in [0.2, 0.25) is 0 Å². The number of ether oxygens (including phenoxy) is 1. The normalized spacial score (nSPS) is 13.6. The van der Waals surface area contributed by atoms with Crippen molar-refractivity contribution in [1.29, 1.82) is 0 Å². The molecule has 0 atom stereocenters. The highest BCUT2D eigenvalue weighted by Crippen LogP contribution is 2.36. The summed E-state index contributed by atoms with van der Waals surface area (Å²) in [6.45, 7) is 0. The molecule has 10 heteroatoms. The highest BCUT2D eigenvalue weighted by Gasteiger charge is 2.68. The molecule has 1 aliphatic rings. The predicted molar refractivity (Wildman–Crippen MR) is 82.9 cm³/mol. The molecule has 2 aromatic carbocycles. The number of hydrogen-bond acceptors (Lipinski definition) is 5. The zero-order valence-corrected chi connectivity index (χ0v) is 13.5. The highest BCUT2D eigenvalue weighted by molar-refractivity contribution is 6.28. The van der Waals surface area contributed by atoms with Gasteiger partial charge in [0.15, 0.2) is 11.6 Å². The zero-order valence-electron chi connectivity index (χ0n) is 13.5. The minimum absolute atomic E-state index is 0.0335. The fourth-order valence-electron chi connectivity index (χ4n) is 2.58. The van der Waals surface area contributed by atoms with Crippen LogP contribution in [0.5, 0.6) is 5.75 Å². The van der Waals surface area contributed by atoms with Gasteiger partial charge in [-0.15, -0.1) is 0 Å². The Balaban J connectivity index is 1.95. The Bertz CT molecular complexity index is 1040. The van der Waals surface area contributed by atoms with Gasteiger partial charge in [-0.25, -0.2) is 9.59 Å². The van der Waals surface area contributed by atoms with Gasteiger partial charge in [-0.3, -0.25) is 9.59 Å². The number of hydrogen-bond donors (Lipinski definition) is 1. The van der Waals surface area contributed by atoms with Crippen LogP contribution >= 0.6 is 0 Å². The van der Waals surface area contributed by atoms with Crippen molar-refractivity contribution in [3.8, 4) is 5.75 Å². The maximum atomic E-state index is 13.5. The molecule has 0 amide bonds. The van der Waals surface area contributed by atoms with E-state index in [2.05, 4.69) is 4.74 Å². The lowest BCUT2D eigenvalue weighted by molar-refractivity contribution is -0.229. The summed E-state index contributed by atoms with van der Waals surface area (Å²) >= 11 is 0. The summed E-state index contributed by atoms with van der Waals surface area (Å²) in [5.74, 6) is -19.3. The Morgan fingerprint density at radius 3 is 1.82 bits per heavy atom. The van der Waals surface area contributed by atoms with E-state index in [9.17, 15) is 36.7 Å². The van der Waals surface area contributed by atoms with Crippen molar-refractivity contribution in [3.05, 3.63) is 64.7 Å².